The molecule has 0 bridgehead atoms. The van der Waals surface area contributed by atoms with Crippen LogP contribution in [0.5, 0.6) is 5.75 Å². The number of anilines is 1. The SMILES string of the molecule is COc1ccc(NCC2(CO)CC2)cc1F. The largest absolute Gasteiger partial charge is 0.494 e. The number of rotatable bonds is 5. The molecule has 16 heavy (non-hydrogen) atoms. The number of hydrogen-bond donors (Lipinski definition) is 2. The molecule has 0 aromatic heterocycles. The number of methoxy groups -OCH3 is 1. The van der Waals surface area contributed by atoms with Crippen molar-refractivity contribution < 1.29 is 14.2 Å². The third-order valence-electron chi connectivity index (χ3n) is 3.11. The molecule has 3 nitrogen and oxygen atoms in total. The fraction of sp³-hybridized carbons (Fsp3) is 0.500. The standard InChI is InChI=1S/C12H16FNO2/c1-16-11-3-2-9(6-10(11)13)14-7-12(8-15)4-5-12/h2-3,6,14-15H,4-5,7-8H2,1H3. The van der Waals surface area contributed by atoms with E-state index in [-0.39, 0.29) is 23.6 Å². The summed E-state index contributed by atoms with van der Waals surface area (Å²) in [4.78, 5) is 0. The third-order valence-corrected chi connectivity index (χ3v) is 3.11. The highest BCUT2D eigenvalue weighted by Gasteiger charge is 2.41. The average Bonchev–Trinajstić information content (AvgIpc) is 3.07. The van der Waals surface area contributed by atoms with Crippen molar-refractivity contribution in [2.24, 2.45) is 5.41 Å². The second-order valence-electron chi connectivity index (χ2n) is 4.36. The Morgan fingerprint density at radius 1 is 1.50 bits per heavy atom. The predicted molar refractivity (Wildman–Crippen MR) is 60.2 cm³/mol. The Hall–Kier alpha value is -1.29. The van der Waals surface area contributed by atoms with Crippen LogP contribution in [0.1, 0.15) is 12.8 Å². The first-order valence-electron chi connectivity index (χ1n) is 5.37. The third kappa shape index (κ3) is 2.27. The molecule has 0 amide bonds. The summed E-state index contributed by atoms with van der Waals surface area (Å²) in [7, 11) is 1.44. The van der Waals surface area contributed by atoms with Crippen molar-refractivity contribution in [1.82, 2.24) is 0 Å². The van der Waals surface area contributed by atoms with E-state index in [1.54, 1.807) is 12.1 Å². The molecule has 0 unspecified atom stereocenters. The Morgan fingerprint density at radius 3 is 2.75 bits per heavy atom. The number of benzene rings is 1. The lowest BCUT2D eigenvalue weighted by molar-refractivity contribution is 0.220. The Bertz CT molecular complexity index is 377. The Balaban J connectivity index is 1.97. The van der Waals surface area contributed by atoms with E-state index in [4.69, 9.17) is 9.84 Å². The fourth-order valence-corrected chi connectivity index (χ4v) is 1.63. The Labute approximate surface area is 94.2 Å². The number of nitrogens with one attached hydrogen (secondary N) is 1. The molecular formula is C12H16FNO2. The lowest BCUT2D eigenvalue weighted by Crippen LogP contribution is -2.19. The number of aliphatic hydroxyl groups excluding tert-OH is 1. The van der Waals surface area contributed by atoms with E-state index in [2.05, 4.69) is 5.32 Å². The summed E-state index contributed by atoms with van der Waals surface area (Å²) < 4.78 is 18.2. The zero-order chi connectivity index (χ0) is 11.6. The van der Waals surface area contributed by atoms with Crippen LogP contribution in [-0.2, 0) is 0 Å². The minimum absolute atomic E-state index is 0.0242. The van der Waals surface area contributed by atoms with Crippen LogP contribution >= 0.6 is 0 Å². The van der Waals surface area contributed by atoms with Crippen molar-refractivity contribution in [3.63, 3.8) is 0 Å². The van der Waals surface area contributed by atoms with Crippen LogP contribution in [-0.4, -0.2) is 25.4 Å². The van der Waals surface area contributed by atoms with Gasteiger partial charge >= 0.3 is 0 Å². The Kier molecular flexibility index (Phi) is 3.01. The first kappa shape index (κ1) is 11.2. The Morgan fingerprint density at radius 2 is 2.25 bits per heavy atom. The highest BCUT2D eigenvalue weighted by Crippen LogP contribution is 2.44. The number of hydrogen-bond acceptors (Lipinski definition) is 3. The molecule has 2 rings (SSSR count). The normalized spacial score (nSPS) is 16.9. The number of halogens is 1. The van der Waals surface area contributed by atoms with Gasteiger partial charge in [-0.2, -0.15) is 0 Å². The van der Waals surface area contributed by atoms with Gasteiger partial charge in [-0.3, -0.25) is 0 Å². The first-order valence-corrected chi connectivity index (χ1v) is 5.37. The highest BCUT2D eigenvalue weighted by atomic mass is 19.1. The van der Waals surface area contributed by atoms with Gasteiger partial charge in [0.1, 0.15) is 0 Å². The van der Waals surface area contributed by atoms with E-state index in [1.165, 1.54) is 13.2 Å². The van der Waals surface area contributed by atoms with Gasteiger partial charge in [0.2, 0.25) is 0 Å². The van der Waals surface area contributed by atoms with Crippen molar-refractivity contribution in [3.8, 4) is 5.75 Å². The molecule has 1 saturated carbocycles. The molecule has 2 N–H and O–H groups in total. The second-order valence-corrected chi connectivity index (χ2v) is 4.36. The van der Waals surface area contributed by atoms with Gasteiger partial charge in [-0.05, 0) is 25.0 Å². The van der Waals surface area contributed by atoms with E-state index < -0.39 is 0 Å². The molecule has 1 aliphatic rings. The van der Waals surface area contributed by atoms with Crippen LogP contribution in [0.25, 0.3) is 0 Å². The molecule has 0 radical (unpaired) electrons. The lowest BCUT2D eigenvalue weighted by Gasteiger charge is -2.14. The molecule has 0 atom stereocenters. The first-order chi connectivity index (χ1) is 7.69. The summed E-state index contributed by atoms with van der Waals surface area (Å²) in [5.74, 6) is -0.129. The lowest BCUT2D eigenvalue weighted by atomic mass is 10.1. The van der Waals surface area contributed by atoms with Gasteiger partial charge in [-0.25, -0.2) is 4.39 Å². The monoisotopic (exact) mass is 225 g/mol. The topological polar surface area (TPSA) is 41.5 Å². The fourth-order valence-electron chi connectivity index (χ4n) is 1.63. The van der Waals surface area contributed by atoms with Gasteiger partial charge in [-0.15, -0.1) is 0 Å². The second kappa shape index (κ2) is 4.29. The number of ether oxygens (including phenoxy) is 1. The summed E-state index contributed by atoms with van der Waals surface area (Å²) in [6.07, 6.45) is 2.07. The van der Waals surface area contributed by atoms with E-state index in [0.29, 0.717) is 6.54 Å². The maximum absolute atomic E-state index is 13.4. The smallest absolute Gasteiger partial charge is 0.167 e. The summed E-state index contributed by atoms with van der Waals surface area (Å²) in [5.41, 5.74) is 0.745. The van der Waals surface area contributed by atoms with Crippen molar-refractivity contribution in [3.05, 3.63) is 24.0 Å². The zero-order valence-electron chi connectivity index (χ0n) is 9.29. The van der Waals surface area contributed by atoms with Crippen LogP contribution in [0, 0.1) is 11.2 Å². The van der Waals surface area contributed by atoms with Crippen molar-refractivity contribution >= 4 is 5.69 Å². The van der Waals surface area contributed by atoms with Crippen molar-refractivity contribution in [1.29, 1.82) is 0 Å². The molecule has 1 aliphatic carbocycles. The highest BCUT2D eigenvalue weighted by molar-refractivity contribution is 5.47. The quantitative estimate of drug-likeness (QED) is 0.805. The summed E-state index contributed by atoms with van der Waals surface area (Å²) in [5, 5.41) is 12.3. The van der Waals surface area contributed by atoms with Crippen molar-refractivity contribution in [2.45, 2.75) is 12.8 Å². The molecular weight excluding hydrogens is 209 g/mol. The maximum atomic E-state index is 13.4. The summed E-state index contributed by atoms with van der Waals surface area (Å²) in [6, 6.07) is 4.78. The van der Waals surface area contributed by atoms with Crippen LogP contribution in [0.3, 0.4) is 0 Å². The minimum Gasteiger partial charge on any atom is -0.494 e. The van der Waals surface area contributed by atoms with E-state index >= 15 is 0 Å². The van der Waals surface area contributed by atoms with E-state index in [0.717, 1.165) is 18.5 Å². The molecule has 1 aromatic rings. The van der Waals surface area contributed by atoms with Crippen LogP contribution in [0.2, 0.25) is 0 Å². The van der Waals surface area contributed by atoms with Gasteiger partial charge in [0, 0.05) is 23.7 Å². The van der Waals surface area contributed by atoms with Gasteiger partial charge in [0.25, 0.3) is 0 Å². The molecule has 0 spiro atoms. The molecule has 0 heterocycles. The predicted octanol–water partition coefficient (Wildman–Crippen LogP) is 2.02. The molecule has 1 fully saturated rings. The van der Waals surface area contributed by atoms with Gasteiger partial charge < -0.3 is 15.2 Å². The molecule has 0 aliphatic heterocycles. The maximum Gasteiger partial charge on any atom is 0.167 e. The van der Waals surface area contributed by atoms with Gasteiger partial charge in [0.15, 0.2) is 11.6 Å². The van der Waals surface area contributed by atoms with Gasteiger partial charge in [-0.1, -0.05) is 0 Å². The van der Waals surface area contributed by atoms with Crippen molar-refractivity contribution in [2.75, 3.05) is 25.6 Å². The van der Waals surface area contributed by atoms with E-state index in [1.807, 2.05) is 0 Å². The van der Waals surface area contributed by atoms with Crippen LogP contribution in [0.4, 0.5) is 10.1 Å². The van der Waals surface area contributed by atoms with E-state index in [9.17, 15) is 4.39 Å². The van der Waals surface area contributed by atoms with Crippen LogP contribution in [0.15, 0.2) is 18.2 Å². The summed E-state index contributed by atoms with van der Waals surface area (Å²) in [6.45, 7) is 0.883. The van der Waals surface area contributed by atoms with Gasteiger partial charge in [0.05, 0.1) is 13.7 Å². The average molecular weight is 225 g/mol. The molecule has 0 saturated heterocycles. The number of aliphatic hydroxyl groups is 1. The minimum atomic E-state index is -0.374. The molecule has 88 valence electrons. The zero-order valence-corrected chi connectivity index (χ0v) is 9.29. The summed E-state index contributed by atoms with van der Waals surface area (Å²) >= 11 is 0. The molecule has 1 aromatic carbocycles. The van der Waals surface area contributed by atoms with Crippen LogP contribution < -0.4 is 10.1 Å². The molecule has 4 heteroatoms.